The second-order valence-electron chi connectivity index (χ2n) is 7.62. The van der Waals surface area contributed by atoms with E-state index in [1.54, 1.807) is 30.3 Å². The van der Waals surface area contributed by atoms with Crippen molar-refractivity contribution in [3.05, 3.63) is 65.7 Å². The van der Waals surface area contributed by atoms with Crippen molar-refractivity contribution in [2.45, 2.75) is 23.9 Å². The van der Waals surface area contributed by atoms with Gasteiger partial charge < -0.3 is 10.2 Å². The standard InChI is InChI=1S/C22H29N3O3S/c1-4-22(25-15-13-24(2)14-16-25,23-21(26)18-9-6-5-7-10-18)19-11-8-12-20(17-19)29(3,27)28/h5-12,17H,4,13-16H2,1-3H3,(H,23,26)/t22-/m1/s1. The van der Waals surface area contributed by atoms with Gasteiger partial charge in [-0.15, -0.1) is 0 Å². The molecule has 29 heavy (non-hydrogen) atoms. The number of rotatable bonds is 6. The lowest BCUT2D eigenvalue weighted by atomic mass is 9.92. The molecule has 2 aromatic rings. The highest BCUT2D eigenvalue weighted by molar-refractivity contribution is 7.90. The van der Waals surface area contributed by atoms with E-state index in [1.807, 2.05) is 31.2 Å². The summed E-state index contributed by atoms with van der Waals surface area (Å²) in [4.78, 5) is 17.9. The minimum absolute atomic E-state index is 0.170. The van der Waals surface area contributed by atoms with Crippen LogP contribution in [0.15, 0.2) is 59.5 Å². The van der Waals surface area contributed by atoms with E-state index in [2.05, 4.69) is 22.2 Å². The summed E-state index contributed by atoms with van der Waals surface area (Å²) in [7, 11) is -1.27. The fourth-order valence-electron chi connectivity index (χ4n) is 3.87. The van der Waals surface area contributed by atoms with Crippen LogP contribution < -0.4 is 5.32 Å². The number of likely N-dealkylation sites (N-methyl/N-ethyl adjacent to an activating group) is 1. The molecule has 1 heterocycles. The summed E-state index contributed by atoms with van der Waals surface area (Å²) in [5.74, 6) is -0.170. The second kappa shape index (κ2) is 8.65. The molecule has 0 radical (unpaired) electrons. The van der Waals surface area contributed by atoms with Crippen molar-refractivity contribution in [2.24, 2.45) is 0 Å². The van der Waals surface area contributed by atoms with Gasteiger partial charge in [-0.05, 0) is 43.3 Å². The molecule has 0 aliphatic carbocycles. The molecule has 0 spiro atoms. The lowest BCUT2D eigenvalue weighted by molar-refractivity contribution is 0.00937. The molecule has 1 aliphatic rings. The van der Waals surface area contributed by atoms with Crippen molar-refractivity contribution in [1.82, 2.24) is 15.1 Å². The van der Waals surface area contributed by atoms with Crippen molar-refractivity contribution in [3.63, 3.8) is 0 Å². The maximum Gasteiger partial charge on any atom is 0.252 e. The van der Waals surface area contributed by atoms with Crippen molar-refractivity contribution in [3.8, 4) is 0 Å². The molecule has 0 bridgehead atoms. The van der Waals surface area contributed by atoms with E-state index in [4.69, 9.17) is 0 Å². The van der Waals surface area contributed by atoms with Crippen LogP contribution in [-0.4, -0.2) is 63.6 Å². The minimum atomic E-state index is -3.35. The summed E-state index contributed by atoms with van der Waals surface area (Å²) < 4.78 is 24.3. The van der Waals surface area contributed by atoms with Crippen LogP contribution in [0.3, 0.4) is 0 Å². The molecule has 1 amide bonds. The Morgan fingerprint density at radius 2 is 1.69 bits per heavy atom. The molecule has 3 rings (SSSR count). The zero-order valence-corrected chi connectivity index (χ0v) is 18.1. The fourth-order valence-corrected chi connectivity index (χ4v) is 4.54. The van der Waals surface area contributed by atoms with Crippen molar-refractivity contribution in [1.29, 1.82) is 0 Å². The van der Waals surface area contributed by atoms with E-state index in [0.29, 0.717) is 12.0 Å². The van der Waals surface area contributed by atoms with E-state index in [1.165, 1.54) is 6.26 Å². The SMILES string of the molecule is CC[C@](NC(=O)c1ccccc1)(c1cccc(S(C)(=O)=O)c1)N1CCN(C)CC1. The molecule has 156 valence electrons. The van der Waals surface area contributed by atoms with Gasteiger partial charge in [0.15, 0.2) is 9.84 Å². The van der Waals surface area contributed by atoms with Crippen molar-refractivity contribution >= 4 is 15.7 Å². The summed E-state index contributed by atoms with van der Waals surface area (Å²) in [6, 6.07) is 16.1. The van der Waals surface area contributed by atoms with Crippen molar-refractivity contribution < 1.29 is 13.2 Å². The van der Waals surface area contributed by atoms with Gasteiger partial charge in [0.25, 0.3) is 5.91 Å². The molecule has 1 aliphatic heterocycles. The fraction of sp³-hybridized carbons (Fsp3) is 0.409. The van der Waals surface area contributed by atoms with Crippen molar-refractivity contribution in [2.75, 3.05) is 39.5 Å². The predicted molar refractivity (Wildman–Crippen MR) is 114 cm³/mol. The van der Waals surface area contributed by atoms with E-state index in [0.717, 1.165) is 31.7 Å². The summed E-state index contributed by atoms with van der Waals surface area (Å²) in [6.07, 6.45) is 1.82. The number of amides is 1. The van der Waals surface area contributed by atoms with Gasteiger partial charge in [-0.25, -0.2) is 8.42 Å². The molecule has 1 saturated heterocycles. The van der Waals surface area contributed by atoms with Crippen LogP contribution in [0.2, 0.25) is 0 Å². The van der Waals surface area contributed by atoms with Crippen LogP contribution in [-0.2, 0) is 15.5 Å². The molecule has 1 N–H and O–H groups in total. The molecular weight excluding hydrogens is 386 g/mol. The topological polar surface area (TPSA) is 69.7 Å². The third-order valence-electron chi connectivity index (χ3n) is 5.65. The Kier molecular flexibility index (Phi) is 6.41. The molecule has 2 aromatic carbocycles. The van der Waals surface area contributed by atoms with Gasteiger partial charge in [0.05, 0.1) is 4.90 Å². The van der Waals surface area contributed by atoms with E-state index >= 15 is 0 Å². The number of piperazine rings is 1. The van der Waals surface area contributed by atoms with Gasteiger partial charge in [0.2, 0.25) is 0 Å². The Bertz CT molecular complexity index is 954. The summed E-state index contributed by atoms with van der Waals surface area (Å²) in [6.45, 7) is 5.35. The smallest absolute Gasteiger partial charge is 0.252 e. The Balaban J connectivity index is 2.06. The highest BCUT2D eigenvalue weighted by Gasteiger charge is 2.40. The number of benzene rings is 2. The number of nitrogens with zero attached hydrogens (tertiary/aromatic N) is 2. The Morgan fingerprint density at radius 1 is 1.03 bits per heavy atom. The van der Waals surface area contributed by atoms with Crippen LogP contribution >= 0.6 is 0 Å². The number of carbonyl (C=O) groups is 1. The largest absolute Gasteiger partial charge is 0.330 e. The van der Waals surface area contributed by atoms with Gasteiger partial charge >= 0.3 is 0 Å². The van der Waals surface area contributed by atoms with Crippen LogP contribution in [0.4, 0.5) is 0 Å². The first-order chi connectivity index (χ1) is 13.8. The average molecular weight is 416 g/mol. The third-order valence-corrected chi connectivity index (χ3v) is 6.76. The number of hydrogen-bond donors (Lipinski definition) is 1. The zero-order chi connectivity index (χ0) is 21.1. The number of nitrogens with one attached hydrogen (secondary N) is 1. The molecule has 7 heteroatoms. The first-order valence-corrected chi connectivity index (χ1v) is 11.8. The lowest BCUT2D eigenvalue weighted by Crippen LogP contribution is -2.62. The van der Waals surface area contributed by atoms with Crippen LogP contribution in [0, 0.1) is 0 Å². The number of sulfone groups is 1. The van der Waals surface area contributed by atoms with E-state index < -0.39 is 15.5 Å². The van der Waals surface area contributed by atoms with Crippen LogP contribution in [0.5, 0.6) is 0 Å². The monoisotopic (exact) mass is 415 g/mol. The van der Waals surface area contributed by atoms with Gasteiger partial charge in [-0.3, -0.25) is 9.69 Å². The van der Waals surface area contributed by atoms with E-state index in [-0.39, 0.29) is 10.8 Å². The summed E-state index contributed by atoms with van der Waals surface area (Å²) in [5, 5.41) is 3.25. The number of hydrogen-bond acceptors (Lipinski definition) is 5. The van der Waals surface area contributed by atoms with Gasteiger partial charge in [-0.2, -0.15) is 0 Å². The Hall–Kier alpha value is -2.22. The molecule has 0 saturated carbocycles. The molecule has 0 unspecified atom stereocenters. The van der Waals surface area contributed by atoms with Gasteiger partial charge in [0, 0.05) is 38.0 Å². The predicted octanol–water partition coefficient (Wildman–Crippen LogP) is 2.33. The van der Waals surface area contributed by atoms with Gasteiger partial charge in [0.1, 0.15) is 5.66 Å². The van der Waals surface area contributed by atoms with Crippen LogP contribution in [0.25, 0.3) is 0 Å². The third kappa shape index (κ3) is 4.69. The molecule has 0 aromatic heterocycles. The summed E-state index contributed by atoms with van der Waals surface area (Å²) >= 11 is 0. The normalized spacial score (nSPS) is 18.2. The minimum Gasteiger partial charge on any atom is -0.330 e. The first kappa shape index (κ1) is 21.5. The molecule has 1 atom stereocenters. The van der Waals surface area contributed by atoms with E-state index in [9.17, 15) is 13.2 Å². The highest BCUT2D eigenvalue weighted by Crippen LogP contribution is 2.32. The summed E-state index contributed by atoms with van der Waals surface area (Å²) in [5.41, 5.74) is 0.588. The highest BCUT2D eigenvalue weighted by atomic mass is 32.2. The molecule has 6 nitrogen and oxygen atoms in total. The lowest BCUT2D eigenvalue weighted by Gasteiger charge is -2.47. The van der Waals surface area contributed by atoms with Crippen LogP contribution in [0.1, 0.15) is 29.3 Å². The number of carbonyl (C=O) groups excluding carboxylic acids is 1. The molecule has 1 fully saturated rings. The maximum atomic E-state index is 13.1. The average Bonchev–Trinajstić information content (AvgIpc) is 2.73. The van der Waals surface area contributed by atoms with Gasteiger partial charge in [-0.1, -0.05) is 37.3 Å². The quantitative estimate of drug-likeness (QED) is 0.784. The Morgan fingerprint density at radius 3 is 2.28 bits per heavy atom. The second-order valence-corrected chi connectivity index (χ2v) is 9.64. The Labute approximate surface area is 173 Å². The first-order valence-electron chi connectivity index (χ1n) is 9.88. The zero-order valence-electron chi connectivity index (χ0n) is 17.3. The maximum absolute atomic E-state index is 13.1. The molecular formula is C22H29N3O3S.